The van der Waals surface area contributed by atoms with Gasteiger partial charge in [-0.1, -0.05) is 11.3 Å². The van der Waals surface area contributed by atoms with Gasteiger partial charge in [-0.05, 0) is 38.3 Å². The molecular weight excluding hydrogens is 421 g/mol. The number of carboxylic acids is 1. The molecule has 2 saturated heterocycles. The lowest BCUT2D eigenvalue weighted by Crippen LogP contribution is -2.41. The summed E-state index contributed by atoms with van der Waals surface area (Å²) in [6.45, 7) is -1.43. The minimum atomic E-state index is -4.17. The van der Waals surface area contributed by atoms with Crippen LogP contribution in [0.5, 0.6) is 0 Å². The van der Waals surface area contributed by atoms with Gasteiger partial charge < -0.3 is 19.6 Å². The molecule has 3 heterocycles. The lowest BCUT2D eigenvalue weighted by Gasteiger charge is -2.34. The Morgan fingerprint density at radius 1 is 1.34 bits per heavy atom. The number of alkyl halides is 5. The number of ether oxygens (including phenoxy) is 1. The summed E-state index contributed by atoms with van der Waals surface area (Å²) in [6.07, 6.45) is -2.30. The molecule has 0 aliphatic carbocycles. The van der Waals surface area contributed by atoms with Gasteiger partial charge in [-0.3, -0.25) is 0 Å². The standard InChI is InChI=1S/C17H22F5N3O3S/c18-15(19)28-9-12-5-10(7-24-3-1-11(2-4-24)17(20,21)22)8-25(12)16-23-6-13(29-16)14(26)27/h6,10-12,15H,1-5,7-9H2,(H,26,27)/t10-,12+/m1/s1. The van der Waals surface area contributed by atoms with Gasteiger partial charge in [-0.25, -0.2) is 9.78 Å². The normalized spacial score (nSPS) is 24.6. The zero-order valence-electron chi connectivity index (χ0n) is 15.4. The first kappa shape index (κ1) is 22.2. The first-order chi connectivity index (χ1) is 13.6. The van der Waals surface area contributed by atoms with Crippen molar-refractivity contribution in [3.8, 4) is 0 Å². The van der Waals surface area contributed by atoms with E-state index in [2.05, 4.69) is 9.72 Å². The van der Waals surface area contributed by atoms with Crippen LogP contribution >= 0.6 is 11.3 Å². The predicted molar refractivity (Wildman–Crippen MR) is 95.5 cm³/mol. The number of hydrogen-bond acceptors (Lipinski definition) is 6. The maximum atomic E-state index is 12.8. The van der Waals surface area contributed by atoms with Crippen LogP contribution in [-0.4, -0.2) is 72.6 Å². The van der Waals surface area contributed by atoms with Crippen molar-refractivity contribution in [1.82, 2.24) is 9.88 Å². The maximum Gasteiger partial charge on any atom is 0.391 e. The molecule has 2 aliphatic rings. The number of rotatable bonds is 7. The molecular formula is C17H22F5N3O3S. The summed E-state index contributed by atoms with van der Waals surface area (Å²) in [6, 6.07) is -0.394. The highest BCUT2D eigenvalue weighted by Crippen LogP contribution is 2.36. The van der Waals surface area contributed by atoms with Crippen LogP contribution in [0.25, 0.3) is 0 Å². The van der Waals surface area contributed by atoms with Crippen molar-refractivity contribution < 1.29 is 36.6 Å². The van der Waals surface area contributed by atoms with Gasteiger partial charge in [0.1, 0.15) is 4.88 Å². The highest BCUT2D eigenvalue weighted by atomic mass is 32.1. The van der Waals surface area contributed by atoms with E-state index >= 15 is 0 Å². The molecule has 0 spiro atoms. The molecule has 0 amide bonds. The number of likely N-dealkylation sites (tertiary alicyclic amines) is 1. The lowest BCUT2D eigenvalue weighted by atomic mass is 9.95. The van der Waals surface area contributed by atoms with Gasteiger partial charge >= 0.3 is 18.8 Å². The number of halogens is 5. The van der Waals surface area contributed by atoms with Crippen LogP contribution < -0.4 is 4.90 Å². The molecule has 3 rings (SSSR count). The van der Waals surface area contributed by atoms with Gasteiger partial charge in [-0.15, -0.1) is 0 Å². The second kappa shape index (κ2) is 9.09. The number of piperidine rings is 1. The Bertz CT molecular complexity index is 694. The van der Waals surface area contributed by atoms with Gasteiger partial charge in [0.2, 0.25) is 0 Å². The minimum absolute atomic E-state index is 0.0425. The van der Waals surface area contributed by atoms with E-state index in [4.69, 9.17) is 5.11 Å². The van der Waals surface area contributed by atoms with E-state index in [1.807, 2.05) is 4.90 Å². The number of carbonyl (C=O) groups is 1. The monoisotopic (exact) mass is 443 g/mol. The molecule has 2 fully saturated rings. The van der Waals surface area contributed by atoms with Crippen LogP contribution in [0.3, 0.4) is 0 Å². The topological polar surface area (TPSA) is 65.9 Å². The van der Waals surface area contributed by atoms with Gasteiger partial charge in [-0.2, -0.15) is 22.0 Å². The number of nitrogens with zero attached hydrogens (tertiary/aromatic N) is 3. The third-order valence-corrected chi connectivity index (χ3v) is 6.45. The largest absolute Gasteiger partial charge is 0.477 e. The number of anilines is 1. The number of aromatic carboxylic acids is 1. The third kappa shape index (κ3) is 5.76. The molecule has 164 valence electrons. The van der Waals surface area contributed by atoms with Gasteiger partial charge in [0.25, 0.3) is 0 Å². The number of aromatic nitrogens is 1. The molecule has 29 heavy (non-hydrogen) atoms. The van der Waals surface area contributed by atoms with E-state index in [1.54, 1.807) is 4.90 Å². The Balaban J connectivity index is 1.61. The van der Waals surface area contributed by atoms with Crippen molar-refractivity contribution in [2.45, 2.75) is 38.1 Å². The number of thiazole rings is 1. The zero-order chi connectivity index (χ0) is 21.2. The minimum Gasteiger partial charge on any atom is -0.477 e. The van der Waals surface area contributed by atoms with E-state index in [-0.39, 0.29) is 30.2 Å². The summed E-state index contributed by atoms with van der Waals surface area (Å²) in [5.41, 5.74) is 0. The zero-order valence-corrected chi connectivity index (χ0v) is 16.3. The fourth-order valence-corrected chi connectivity index (χ4v) is 4.86. The lowest BCUT2D eigenvalue weighted by molar-refractivity contribution is -0.185. The molecule has 6 nitrogen and oxygen atoms in total. The Labute approximate surface area is 168 Å². The van der Waals surface area contributed by atoms with E-state index < -0.39 is 30.7 Å². The molecule has 12 heteroatoms. The highest BCUT2D eigenvalue weighted by Gasteiger charge is 2.42. The van der Waals surface area contributed by atoms with Crippen molar-refractivity contribution in [3.05, 3.63) is 11.1 Å². The molecule has 0 radical (unpaired) electrons. The molecule has 2 aliphatic heterocycles. The van der Waals surface area contributed by atoms with Crippen molar-refractivity contribution in [2.75, 3.05) is 37.7 Å². The quantitative estimate of drug-likeness (QED) is 0.651. The Hall–Kier alpha value is -1.53. The van der Waals surface area contributed by atoms with Gasteiger partial charge in [0, 0.05) is 13.1 Å². The fraction of sp³-hybridized carbons (Fsp3) is 0.765. The SMILES string of the molecule is O=C(O)c1cnc(N2C[C@@H](CN3CCC(C(F)(F)F)CC3)C[C@H]2COC(F)F)s1. The second-order valence-electron chi connectivity index (χ2n) is 7.43. The van der Waals surface area contributed by atoms with Crippen molar-refractivity contribution >= 4 is 22.4 Å². The number of carboxylic acid groups (broad SMARTS) is 1. The predicted octanol–water partition coefficient (Wildman–Crippen LogP) is 3.55. The molecule has 1 N–H and O–H groups in total. The molecule has 0 unspecified atom stereocenters. The Morgan fingerprint density at radius 3 is 2.59 bits per heavy atom. The average molecular weight is 443 g/mol. The van der Waals surface area contributed by atoms with Gasteiger partial charge in [0.05, 0.1) is 24.8 Å². The summed E-state index contributed by atoms with van der Waals surface area (Å²) in [5, 5.41) is 9.49. The first-order valence-corrected chi connectivity index (χ1v) is 10.1. The molecule has 0 saturated carbocycles. The molecule has 1 aromatic heterocycles. The Morgan fingerprint density at radius 2 is 2.03 bits per heavy atom. The van der Waals surface area contributed by atoms with Crippen LogP contribution in [0.15, 0.2) is 6.20 Å². The summed E-state index contributed by atoms with van der Waals surface area (Å²) in [4.78, 5) is 19.0. The Kier molecular flexibility index (Phi) is 6.94. The van der Waals surface area contributed by atoms with Crippen LogP contribution in [0, 0.1) is 11.8 Å². The molecule has 0 aromatic carbocycles. The van der Waals surface area contributed by atoms with Crippen LogP contribution in [0.1, 0.15) is 28.9 Å². The molecule has 0 bridgehead atoms. The van der Waals surface area contributed by atoms with Crippen molar-refractivity contribution in [2.24, 2.45) is 11.8 Å². The van der Waals surface area contributed by atoms with Crippen molar-refractivity contribution in [1.29, 1.82) is 0 Å². The van der Waals surface area contributed by atoms with Crippen LogP contribution in [0.2, 0.25) is 0 Å². The smallest absolute Gasteiger partial charge is 0.391 e. The number of hydrogen-bond donors (Lipinski definition) is 1. The average Bonchev–Trinajstić information content (AvgIpc) is 3.26. The fourth-order valence-electron chi connectivity index (χ4n) is 4.03. The van der Waals surface area contributed by atoms with Crippen molar-refractivity contribution in [3.63, 3.8) is 0 Å². The summed E-state index contributed by atoms with van der Waals surface area (Å²) >= 11 is 0.961. The summed E-state index contributed by atoms with van der Waals surface area (Å²) in [7, 11) is 0. The maximum absolute atomic E-state index is 12.8. The second-order valence-corrected chi connectivity index (χ2v) is 8.44. The summed E-state index contributed by atoms with van der Waals surface area (Å²) in [5.74, 6) is -2.34. The third-order valence-electron chi connectivity index (χ3n) is 5.43. The van der Waals surface area contributed by atoms with E-state index in [0.717, 1.165) is 11.3 Å². The molecule has 2 atom stereocenters. The molecule has 1 aromatic rings. The van der Waals surface area contributed by atoms with Gasteiger partial charge in [0.15, 0.2) is 5.13 Å². The van der Waals surface area contributed by atoms with Crippen LogP contribution in [-0.2, 0) is 4.74 Å². The van der Waals surface area contributed by atoms with E-state index in [0.29, 0.717) is 37.7 Å². The summed E-state index contributed by atoms with van der Waals surface area (Å²) < 4.78 is 67.9. The van der Waals surface area contributed by atoms with E-state index in [9.17, 15) is 26.7 Å². The van der Waals surface area contributed by atoms with Crippen LogP contribution in [0.4, 0.5) is 27.1 Å². The first-order valence-electron chi connectivity index (χ1n) is 9.28. The highest BCUT2D eigenvalue weighted by molar-refractivity contribution is 7.17. The van der Waals surface area contributed by atoms with E-state index in [1.165, 1.54) is 6.20 Å².